The number of benzene rings is 1. The number of hydrogen-bond acceptors (Lipinski definition) is 4. The van der Waals surface area contributed by atoms with Crippen molar-refractivity contribution in [2.75, 3.05) is 0 Å². The lowest BCUT2D eigenvalue weighted by atomic mass is 10.1. The number of guanidine groups is 1. The maximum absolute atomic E-state index is 12.2. The van der Waals surface area contributed by atoms with Crippen molar-refractivity contribution in [3.63, 3.8) is 0 Å². The van der Waals surface area contributed by atoms with Crippen LogP contribution in [0.4, 0.5) is 0 Å². The fourth-order valence-corrected chi connectivity index (χ4v) is 2.12. The minimum Gasteiger partial charge on any atom is -0.370 e. The standard InChI is InChI=1S/C12H12Cl2N4O2/c1-6-2-4-7(5-3-6)8(19)17-12(9(13)14)10(20)16-11(15)18-12/h2-5,9H,1H3,(H,17,19)(H3,15,16,18,20)/t12-/m1/s1. The minimum atomic E-state index is -1.81. The Hall–Kier alpha value is -1.79. The summed E-state index contributed by atoms with van der Waals surface area (Å²) in [5, 5.41) is 4.69. The monoisotopic (exact) mass is 314 g/mol. The second-order valence-electron chi connectivity index (χ2n) is 4.34. The number of nitrogens with two attached hydrogens (primary N) is 1. The molecule has 0 aliphatic carbocycles. The third-order valence-electron chi connectivity index (χ3n) is 2.82. The normalized spacial score (nSPS) is 21.6. The molecule has 1 aromatic carbocycles. The van der Waals surface area contributed by atoms with Crippen LogP contribution in [0.25, 0.3) is 0 Å². The fraction of sp³-hybridized carbons (Fsp3) is 0.250. The molecule has 0 saturated carbocycles. The summed E-state index contributed by atoms with van der Waals surface area (Å²) < 4.78 is 0. The van der Waals surface area contributed by atoms with Crippen molar-refractivity contribution in [1.82, 2.24) is 10.6 Å². The minimum absolute atomic E-state index is 0.148. The van der Waals surface area contributed by atoms with Crippen LogP contribution in [-0.4, -0.2) is 28.3 Å². The summed E-state index contributed by atoms with van der Waals surface area (Å²) in [6.45, 7) is 1.89. The summed E-state index contributed by atoms with van der Waals surface area (Å²) in [6.07, 6.45) is 0. The molecule has 0 saturated heterocycles. The van der Waals surface area contributed by atoms with Gasteiger partial charge in [-0.1, -0.05) is 40.9 Å². The summed E-state index contributed by atoms with van der Waals surface area (Å²) in [5.41, 5.74) is 4.97. The molecule has 0 spiro atoms. The molecule has 0 fully saturated rings. The van der Waals surface area contributed by atoms with Gasteiger partial charge in [0.25, 0.3) is 11.8 Å². The number of aryl methyl sites for hydroxylation is 1. The molecule has 4 N–H and O–H groups in total. The highest BCUT2D eigenvalue weighted by atomic mass is 35.5. The number of carbonyl (C=O) groups is 2. The van der Waals surface area contributed by atoms with E-state index in [1.165, 1.54) is 0 Å². The molecule has 8 heteroatoms. The molecule has 0 radical (unpaired) electrons. The first-order valence-corrected chi connectivity index (χ1v) is 6.56. The van der Waals surface area contributed by atoms with Gasteiger partial charge in [0, 0.05) is 5.56 Å². The molecule has 6 nitrogen and oxygen atoms in total. The summed E-state index contributed by atoms with van der Waals surface area (Å²) in [4.78, 5) is 26.6. The third-order valence-corrected chi connectivity index (χ3v) is 3.45. The molecule has 1 aliphatic rings. The zero-order chi connectivity index (χ0) is 14.9. The van der Waals surface area contributed by atoms with Gasteiger partial charge in [0.15, 0.2) is 10.8 Å². The van der Waals surface area contributed by atoms with E-state index in [-0.39, 0.29) is 5.96 Å². The molecule has 106 valence electrons. The Morgan fingerprint density at radius 3 is 2.45 bits per heavy atom. The number of halogens is 2. The van der Waals surface area contributed by atoms with Crippen molar-refractivity contribution >= 4 is 41.0 Å². The molecule has 2 amide bonds. The number of aliphatic imine (C=N–C) groups is 1. The number of nitrogens with one attached hydrogen (secondary N) is 2. The lowest BCUT2D eigenvalue weighted by molar-refractivity contribution is -0.124. The Balaban J connectivity index is 2.28. The first-order valence-electron chi connectivity index (χ1n) is 5.69. The first-order chi connectivity index (χ1) is 9.35. The molecule has 1 heterocycles. The van der Waals surface area contributed by atoms with E-state index >= 15 is 0 Å². The van der Waals surface area contributed by atoms with Crippen molar-refractivity contribution in [2.45, 2.75) is 17.4 Å². The zero-order valence-corrected chi connectivity index (χ0v) is 12.0. The van der Waals surface area contributed by atoms with E-state index < -0.39 is 22.3 Å². The van der Waals surface area contributed by atoms with E-state index in [1.54, 1.807) is 24.3 Å². The number of amides is 2. The van der Waals surface area contributed by atoms with E-state index in [2.05, 4.69) is 15.6 Å². The predicted molar refractivity (Wildman–Crippen MR) is 76.6 cm³/mol. The highest BCUT2D eigenvalue weighted by molar-refractivity contribution is 6.47. The lowest BCUT2D eigenvalue weighted by Crippen LogP contribution is -2.58. The van der Waals surface area contributed by atoms with Crippen molar-refractivity contribution < 1.29 is 9.59 Å². The highest BCUT2D eigenvalue weighted by Gasteiger charge is 2.50. The lowest BCUT2D eigenvalue weighted by Gasteiger charge is -2.25. The zero-order valence-electron chi connectivity index (χ0n) is 10.5. The van der Waals surface area contributed by atoms with Crippen LogP contribution in [0, 0.1) is 6.92 Å². The van der Waals surface area contributed by atoms with E-state index in [9.17, 15) is 9.59 Å². The van der Waals surface area contributed by atoms with Gasteiger partial charge in [-0.3, -0.25) is 14.9 Å². The largest absolute Gasteiger partial charge is 0.370 e. The third kappa shape index (κ3) is 2.57. The molecule has 2 rings (SSSR count). The Labute approximate surface area is 125 Å². The second kappa shape index (κ2) is 5.30. The fourth-order valence-electron chi connectivity index (χ4n) is 1.72. The SMILES string of the molecule is Cc1ccc(C(=O)N[C@]2(C(Cl)Cl)N=C(N)NC2=O)cc1. The quantitative estimate of drug-likeness (QED) is 0.715. The summed E-state index contributed by atoms with van der Waals surface area (Å²) in [5.74, 6) is -1.35. The number of rotatable bonds is 3. The van der Waals surface area contributed by atoms with E-state index in [0.717, 1.165) is 5.56 Å². The van der Waals surface area contributed by atoms with Gasteiger partial charge < -0.3 is 11.1 Å². The molecule has 0 bridgehead atoms. The van der Waals surface area contributed by atoms with Gasteiger partial charge in [0.2, 0.25) is 5.66 Å². The summed E-state index contributed by atoms with van der Waals surface area (Å²) >= 11 is 11.6. The average Bonchev–Trinajstić information content (AvgIpc) is 2.65. The van der Waals surface area contributed by atoms with E-state index in [0.29, 0.717) is 5.56 Å². The van der Waals surface area contributed by atoms with Crippen LogP contribution in [-0.2, 0) is 4.79 Å². The molecule has 1 atom stereocenters. The Morgan fingerprint density at radius 2 is 2.00 bits per heavy atom. The Bertz CT molecular complexity index is 586. The number of hydrogen-bond donors (Lipinski definition) is 3. The van der Waals surface area contributed by atoms with Crippen molar-refractivity contribution in [1.29, 1.82) is 0 Å². The smallest absolute Gasteiger partial charge is 0.278 e. The topological polar surface area (TPSA) is 96.6 Å². The van der Waals surface area contributed by atoms with Crippen LogP contribution in [0.1, 0.15) is 15.9 Å². The van der Waals surface area contributed by atoms with Gasteiger partial charge in [0.05, 0.1) is 0 Å². The number of nitrogens with zero attached hydrogens (tertiary/aromatic N) is 1. The summed E-state index contributed by atoms with van der Waals surface area (Å²) in [7, 11) is 0. The number of carbonyl (C=O) groups excluding carboxylic acids is 2. The van der Waals surface area contributed by atoms with Gasteiger partial charge in [0.1, 0.15) is 0 Å². The maximum atomic E-state index is 12.2. The van der Waals surface area contributed by atoms with Crippen LogP contribution < -0.4 is 16.4 Å². The van der Waals surface area contributed by atoms with Crippen LogP contribution in [0.3, 0.4) is 0 Å². The van der Waals surface area contributed by atoms with Crippen LogP contribution in [0.15, 0.2) is 29.3 Å². The van der Waals surface area contributed by atoms with Gasteiger partial charge in [-0.05, 0) is 19.1 Å². The predicted octanol–water partition coefficient (Wildman–Crippen LogP) is 0.669. The molecule has 1 aliphatic heterocycles. The molecule has 1 aromatic rings. The van der Waals surface area contributed by atoms with Crippen LogP contribution in [0.5, 0.6) is 0 Å². The first kappa shape index (κ1) is 14.6. The van der Waals surface area contributed by atoms with Crippen LogP contribution in [0.2, 0.25) is 0 Å². The maximum Gasteiger partial charge on any atom is 0.278 e. The van der Waals surface area contributed by atoms with Gasteiger partial charge in [-0.25, -0.2) is 4.99 Å². The average molecular weight is 315 g/mol. The molecular weight excluding hydrogens is 303 g/mol. The van der Waals surface area contributed by atoms with Gasteiger partial charge >= 0.3 is 0 Å². The van der Waals surface area contributed by atoms with Crippen molar-refractivity contribution in [3.05, 3.63) is 35.4 Å². The van der Waals surface area contributed by atoms with Gasteiger partial charge in [-0.15, -0.1) is 0 Å². The second-order valence-corrected chi connectivity index (χ2v) is 5.43. The molecule has 0 unspecified atom stereocenters. The molecule has 20 heavy (non-hydrogen) atoms. The number of alkyl halides is 2. The summed E-state index contributed by atoms with van der Waals surface area (Å²) in [6, 6.07) is 6.78. The van der Waals surface area contributed by atoms with E-state index in [4.69, 9.17) is 28.9 Å². The Morgan fingerprint density at radius 1 is 1.40 bits per heavy atom. The van der Waals surface area contributed by atoms with Crippen molar-refractivity contribution in [2.24, 2.45) is 10.7 Å². The molecular formula is C12H12Cl2N4O2. The van der Waals surface area contributed by atoms with Gasteiger partial charge in [-0.2, -0.15) is 0 Å². The van der Waals surface area contributed by atoms with E-state index in [1.807, 2.05) is 6.92 Å². The highest BCUT2D eigenvalue weighted by Crippen LogP contribution is 2.26. The Kier molecular flexibility index (Phi) is 3.87. The van der Waals surface area contributed by atoms with Crippen LogP contribution >= 0.6 is 23.2 Å². The molecule has 0 aromatic heterocycles. The van der Waals surface area contributed by atoms with Crippen molar-refractivity contribution in [3.8, 4) is 0 Å².